The summed E-state index contributed by atoms with van der Waals surface area (Å²) in [5.74, 6) is -0.804. The zero-order valence-corrected chi connectivity index (χ0v) is 14.8. The molecular formula is C17H19N3O6. The first-order valence-electron chi connectivity index (χ1n) is 7.80. The predicted molar refractivity (Wildman–Crippen MR) is 93.8 cm³/mol. The van der Waals surface area contributed by atoms with Crippen LogP contribution in [0.2, 0.25) is 0 Å². The third-order valence-corrected chi connectivity index (χ3v) is 3.79. The van der Waals surface area contributed by atoms with Gasteiger partial charge >= 0.3 is 5.97 Å². The summed E-state index contributed by atoms with van der Waals surface area (Å²) in [5, 5.41) is 13.5. The highest BCUT2D eigenvalue weighted by Gasteiger charge is 2.24. The molecule has 0 unspecified atom stereocenters. The summed E-state index contributed by atoms with van der Waals surface area (Å²) in [7, 11) is 1.39. The third-order valence-electron chi connectivity index (χ3n) is 3.79. The maximum absolute atomic E-state index is 12.6. The van der Waals surface area contributed by atoms with Gasteiger partial charge in [-0.1, -0.05) is 0 Å². The van der Waals surface area contributed by atoms with E-state index in [0.29, 0.717) is 16.8 Å². The van der Waals surface area contributed by atoms with Gasteiger partial charge in [0.15, 0.2) is 0 Å². The first kappa shape index (κ1) is 19.0. The van der Waals surface area contributed by atoms with Crippen molar-refractivity contribution in [2.45, 2.75) is 20.8 Å². The number of anilines is 1. The van der Waals surface area contributed by atoms with E-state index in [1.165, 1.54) is 25.3 Å². The van der Waals surface area contributed by atoms with Crippen LogP contribution in [0.3, 0.4) is 0 Å². The van der Waals surface area contributed by atoms with Crippen LogP contribution < -0.4 is 10.1 Å². The molecule has 0 aliphatic rings. The topological polar surface area (TPSA) is 124 Å². The fraction of sp³-hybridized carbons (Fsp3) is 0.294. The molecule has 0 fully saturated rings. The maximum Gasteiger partial charge on any atom is 0.340 e. The van der Waals surface area contributed by atoms with Crippen LogP contribution in [-0.4, -0.2) is 35.5 Å². The number of H-pyrrole nitrogens is 1. The van der Waals surface area contributed by atoms with E-state index in [2.05, 4.69) is 10.3 Å². The van der Waals surface area contributed by atoms with Crippen molar-refractivity contribution < 1.29 is 24.0 Å². The Bertz CT molecular complexity index is 872. The second-order valence-electron chi connectivity index (χ2n) is 5.44. The quantitative estimate of drug-likeness (QED) is 0.463. The van der Waals surface area contributed by atoms with Crippen LogP contribution >= 0.6 is 0 Å². The normalized spacial score (nSPS) is 10.3. The predicted octanol–water partition coefficient (Wildman–Crippen LogP) is 2.98. The molecule has 9 nitrogen and oxygen atoms in total. The lowest BCUT2D eigenvalue weighted by Crippen LogP contribution is -2.15. The van der Waals surface area contributed by atoms with Gasteiger partial charge in [0.25, 0.3) is 11.6 Å². The molecule has 0 atom stereocenters. The molecule has 0 saturated heterocycles. The number of amides is 1. The highest BCUT2D eigenvalue weighted by atomic mass is 16.6. The van der Waals surface area contributed by atoms with E-state index >= 15 is 0 Å². The summed E-state index contributed by atoms with van der Waals surface area (Å²) < 4.78 is 10.1. The number of carbonyl (C=O) groups is 2. The van der Waals surface area contributed by atoms with Gasteiger partial charge in [0, 0.05) is 17.8 Å². The van der Waals surface area contributed by atoms with Crippen LogP contribution in [0.1, 0.15) is 39.0 Å². The molecule has 0 bridgehead atoms. The van der Waals surface area contributed by atoms with Crippen LogP contribution in [0.15, 0.2) is 18.2 Å². The van der Waals surface area contributed by atoms with Crippen LogP contribution in [0.4, 0.5) is 11.4 Å². The minimum Gasteiger partial charge on any atom is -0.495 e. The van der Waals surface area contributed by atoms with E-state index in [-0.39, 0.29) is 29.4 Å². The largest absolute Gasteiger partial charge is 0.495 e. The molecule has 0 saturated carbocycles. The Morgan fingerprint density at radius 2 is 2.00 bits per heavy atom. The lowest BCUT2D eigenvalue weighted by molar-refractivity contribution is -0.384. The first-order chi connectivity index (χ1) is 12.3. The average molecular weight is 361 g/mol. The SMILES string of the molecule is CCOC(=O)c1c(C)[nH]c(C(=O)Nc2cc([N+](=O)[O-])ccc2OC)c1C. The summed E-state index contributed by atoms with van der Waals surface area (Å²) in [6, 6.07) is 3.87. The molecule has 1 amide bonds. The number of ether oxygens (including phenoxy) is 2. The van der Waals surface area contributed by atoms with Crippen LogP contribution in [0.5, 0.6) is 5.75 Å². The summed E-state index contributed by atoms with van der Waals surface area (Å²) in [6.07, 6.45) is 0. The molecule has 26 heavy (non-hydrogen) atoms. The van der Waals surface area contributed by atoms with Crippen molar-refractivity contribution in [1.29, 1.82) is 0 Å². The van der Waals surface area contributed by atoms with Crippen molar-refractivity contribution in [3.05, 3.63) is 50.8 Å². The van der Waals surface area contributed by atoms with Gasteiger partial charge in [-0.15, -0.1) is 0 Å². The first-order valence-corrected chi connectivity index (χ1v) is 7.80. The minimum atomic E-state index is -0.571. The standard InChI is InChI=1S/C17H19N3O6/c1-5-26-17(22)14-9(2)15(18-10(14)3)16(21)19-12-8-11(20(23)24)6-7-13(12)25-4/h6-8,18H,5H2,1-4H3,(H,19,21). The molecule has 0 aliphatic heterocycles. The molecule has 1 aromatic carbocycles. The number of benzene rings is 1. The monoisotopic (exact) mass is 361 g/mol. The van der Waals surface area contributed by atoms with Crippen LogP contribution in [-0.2, 0) is 4.74 Å². The number of aryl methyl sites for hydroxylation is 1. The molecule has 0 radical (unpaired) electrons. The zero-order valence-electron chi connectivity index (χ0n) is 14.8. The number of carbonyl (C=O) groups excluding carboxylic acids is 2. The highest BCUT2D eigenvalue weighted by Crippen LogP contribution is 2.30. The van der Waals surface area contributed by atoms with Crippen LogP contribution in [0.25, 0.3) is 0 Å². The second kappa shape index (κ2) is 7.68. The second-order valence-corrected chi connectivity index (χ2v) is 5.44. The van der Waals surface area contributed by atoms with E-state index in [9.17, 15) is 19.7 Å². The number of non-ortho nitro benzene ring substituents is 1. The van der Waals surface area contributed by atoms with E-state index in [4.69, 9.17) is 9.47 Å². The zero-order chi connectivity index (χ0) is 19.4. The van der Waals surface area contributed by atoms with Gasteiger partial charge < -0.3 is 19.8 Å². The molecule has 138 valence electrons. The van der Waals surface area contributed by atoms with Crippen LogP contribution in [0, 0.1) is 24.0 Å². The number of methoxy groups -OCH3 is 1. The Morgan fingerprint density at radius 3 is 2.58 bits per heavy atom. The molecule has 2 aromatic rings. The number of rotatable bonds is 6. The molecule has 9 heteroatoms. The molecule has 1 aromatic heterocycles. The smallest absolute Gasteiger partial charge is 0.340 e. The fourth-order valence-corrected chi connectivity index (χ4v) is 2.58. The molecule has 1 heterocycles. The number of aromatic amines is 1. The number of nitro benzene ring substituents is 1. The summed E-state index contributed by atoms with van der Waals surface area (Å²) in [6.45, 7) is 5.19. The lowest BCUT2D eigenvalue weighted by Gasteiger charge is -2.10. The van der Waals surface area contributed by atoms with Crippen molar-refractivity contribution >= 4 is 23.3 Å². The van der Waals surface area contributed by atoms with Gasteiger partial charge in [-0.2, -0.15) is 0 Å². The number of hydrogen-bond acceptors (Lipinski definition) is 6. The van der Waals surface area contributed by atoms with Gasteiger partial charge in [-0.05, 0) is 32.4 Å². The third kappa shape index (κ3) is 3.66. The molecule has 0 aliphatic carbocycles. The van der Waals surface area contributed by atoms with Crippen molar-refractivity contribution in [3.63, 3.8) is 0 Å². The van der Waals surface area contributed by atoms with Crippen molar-refractivity contribution in [2.75, 3.05) is 19.0 Å². The Morgan fingerprint density at radius 1 is 1.31 bits per heavy atom. The molecule has 0 spiro atoms. The fourth-order valence-electron chi connectivity index (χ4n) is 2.58. The Hall–Kier alpha value is -3.36. The Balaban J connectivity index is 2.37. The van der Waals surface area contributed by atoms with Crippen molar-refractivity contribution in [3.8, 4) is 5.75 Å². The highest BCUT2D eigenvalue weighted by molar-refractivity contribution is 6.07. The van der Waals surface area contributed by atoms with E-state index in [1.807, 2.05) is 0 Å². The number of nitro groups is 1. The number of hydrogen-bond donors (Lipinski definition) is 2. The number of nitrogens with one attached hydrogen (secondary N) is 2. The Labute approximate surface area is 149 Å². The van der Waals surface area contributed by atoms with E-state index in [1.54, 1.807) is 20.8 Å². The lowest BCUT2D eigenvalue weighted by atomic mass is 10.1. The molecule has 2 rings (SSSR count). The molecular weight excluding hydrogens is 342 g/mol. The van der Waals surface area contributed by atoms with Gasteiger partial charge in [-0.25, -0.2) is 4.79 Å². The number of aromatic nitrogens is 1. The summed E-state index contributed by atoms with van der Waals surface area (Å²) in [4.78, 5) is 37.9. The molecule has 2 N–H and O–H groups in total. The van der Waals surface area contributed by atoms with E-state index < -0.39 is 16.8 Å². The maximum atomic E-state index is 12.6. The van der Waals surface area contributed by atoms with Gasteiger partial charge in [-0.3, -0.25) is 14.9 Å². The van der Waals surface area contributed by atoms with Gasteiger partial charge in [0.2, 0.25) is 0 Å². The Kier molecular flexibility index (Phi) is 5.61. The van der Waals surface area contributed by atoms with Gasteiger partial charge in [0.1, 0.15) is 11.4 Å². The minimum absolute atomic E-state index is 0.149. The summed E-state index contributed by atoms with van der Waals surface area (Å²) in [5.41, 5.74) is 1.35. The average Bonchev–Trinajstić information content (AvgIpc) is 2.89. The summed E-state index contributed by atoms with van der Waals surface area (Å²) >= 11 is 0. The number of nitrogens with zero attached hydrogens (tertiary/aromatic N) is 1. The number of esters is 1. The van der Waals surface area contributed by atoms with Crippen molar-refractivity contribution in [2.24, 2.45) is 0 Å². The van der Waals surface area contributed by atoms with Crippen molar-refractivity contribution in [1.82, 2.24) is 4.98 Å². The van der Waals surface area contributed by atoms with Gasteiger partial charge in [0.05, 0.1) is 29.9 Å². The van der Waals surface area contributed by atoms with E-state index in [0.717, 1.165) is 0 Å².